The van der Waals surface area contributed by atoms with Gasteiger partial charge in [0.2, 0.25) is 5.95 Å². The van der Waals surface area contributed by atoms with Crippen molar-refractivity contribution >= 4 is 17.5 Å². The van der Waals surface area contributed by atoms with Gasteiger partial charge in [-0.15, -0.1) is 0 Å². The van der Waals surface area contributed by atoms with Crippen LogP contribution in [0.25, 0.3) is 0 Å². The summed E-state index contributed by atoms with van der Waals surface area (Å²) in [6.07, 6.45) is 2.58. The van der Waals surface area contributed by atoms with Gasteiger partial charge in [-0.2, -0.15) is 15.3 Å². The van der Waals surface area contributed by atoms with E-state index < -0.39 is 5.91 Å². The van der Waals surface area contributed by atoms with E-state index in [0.29, 0.717) is 11.6 Å². The van der Waals surface area contributed by atoms with Gasteiger partial charge in [-0.05, 0) is 19.1 Å². The molecule has 20 heavy (non-hydrogen) atoms. The van der Waals surface area contributed by atoms with E-state index >= 15 is 0 Å². The molecule has 0 atom stereocenters. The van der Waals surface area contributed by atoms with E-state index in [1.54, 1.807) is 12.1 Å². The number of carbonyl (C=O) groups is 1. The van der Waals surface area contributed by atoms with Crippen molar-refractivity contribution in [2.24, 2.45) is 0 Å². The molecular formula is C13H12N6O. The number of amides is 1. The van der Waals surface area contributed by atoms with Gasteiger partial charge < -0.3 is 10.6 Å². The molecule has 0 unspecified atom stereocenters. The minimum Gasteiger partial charge on any atom is -0.330 e. The summed E-state index contributed by atoms with van der Waals surface area (Å²) < 4.78 is 0. The van der Waals surface area contributed by atoms with Gasteiger partial charge in [-0.3, -0.25) is 4.79 Å². The van der Waals surface area contributed by atoms with Crippen molar-refractivity contribution in [3.63, 3.8) is 0 Å². The molecule has 0 aliphatic rings. The minimum absolute atomic E-state index is 0.0676. The molecular weight excluding hydrogens is 256 g/mol. The summed E-state index contributed by atoms with van der Waals surface area (Å²) >= 11 is 0. The number of nitrogens with one attached hydrogen (secondary N) is 3. The lowest BCUT2D eigenvalue weighted by molar-refractivity contribution is -0.112. The second kappa shape index (κ2) is 6.15. The quantitative estimate of drug-likeness (QED) is 0.576. The van der Waals surface area contributed by atoms with Crippen LogP contribution in [-0.4, -0.2) is 21.1 Å². The Balaban J connectivity index is 2.04. The SMILES string of the molecule is Cc1ccc(NC(=O)/C(C#N)=C\Nc2ncn[nH]2)cc1. The van der Waals surface area contributed by atoms with Crippen LogP contribution in [0.4, 0.5) is 11.6 Å². The molecule has 2 aromatic rings. The Morgan fingerprint density at radius 2 is 2.15 bits per heavy atom. The van der Waals surface area contributed by atoms with Crippen LogP contribution >= 0.6 is 0 Å². The number of rotatable bonds is 4. The normalized spacial score (nSPS) is 10.7. The Morgan fingerprint density at radius 1 is 1.40 bits per heavy atom. The molecule has 1 heterocycles. The number of nitrogens with zero attached hydrogens (tertiary/aromatic N) is 3. The summed E-state index contributed by atoms with van der Waals surface area (Å²) in [5, 5.41) is 20.5. The molecule has 0 radical (unpaired) electrons. The third-order valence-corrected chi connectivity index (χ3v) is 2.44. The number of carbonyl (C=O) groups excluding carboxylic acids is 1. The van der Waals surface area contributed by atoms with E-state index in [9.17, 15) is 4.79 Å². The Kier molecular flexibility index (Phi) is 4.09. The Labute approximate surface area is 115 Å². The molecule has 0 bridgehead atoms. The molecule has 3 N–H and O–H groups in total. The van der Waals surface area contributed by atoms with Gasteiger partial charge >= 0.3 is 0 Å². The van der Waals surface area contributed by atoms with Crippen molar-refractivity contribution in [1.29, 1.82) is 5.26 Å². The van der Waals surface area contributed by atoms with Crippen LogP contribution in [0.3, 0.4) is 0 Å². The average molecular weight is 268 g/mol. The number of benzene rings is 1. The number of aryl methyl sites for hydroxylation is 1. The highest BCUT2D eigenvalue weighted by molar-refractivity contribution is 6.06. The fourth-order valence-corrected chi connectivity index (χ4v) is 1.40. The first-order valence-corrected chi connectivity index (χ1v) is 5.79. The number of hydrogen-bond acceptors (Lipinski definition) is 5. The van der Waals surface area contributed by atoms with Gasteiger partial charge in [0.25, 0.3) is 5.91 Å². The smallest absolute Gasteiger partial charge is 0.267 e. The summed E-state index contributed by atoms with van der Waals surface area (Å²) in [6.45, 7) is 1.95. The first-order chi connectivity index (χ1) is 9.69. The van der Waals surface area contributed by atoms with Gasteiger partial charge in [0.05, 0.1) is 0 Å². The van der Waals surface area contributed by atoms with Crippen LogP contribution in [0.1, 0.15) is 5.56 Å². The summed E-state index contributed by atoms with van der Waals surface area (Å²) in [5.41, 5.74) is 1.65. The third-order valence-electron chi connectivity index (χ3n) is 2.44. The summed E-state index contributed by atoms with van der Waals surface area (Å²) in [6, 6.07) is 9.11. The van der Waals surface area contributed by atoms with Gasteiger partial charge in [-0.1, -0.05) is 17.7 Å². The van der Waals surface area contributed by atoms with E-state index in [4.69, 9.17) is 5.26 Å². The zero-order chi connectivity index (χ0) is 14.4. The van der Waals surface area contributed by atoms with Crippen molar-refractivity contribution < 1.29 is 4.79 Å². The molecule has 100 valence electrons. The average Bonchev–Trinajstić information content (AvgIpc) is 2.95. The van der Waals surface area contributed by atoms with Gasteiger partial charge in [0.1, 0.15) is 18.0 Å². The molecule has 2 rings (SSSR count). The molecule has 0 saturated heterocycles. The molecule has 0 saturated carbocycles. The minimum atomic E-state index is -0.497. The molecule has 0 fully saturated rings. The summed E-state index contributed by atoms with van der Waals surface area (Å²) in [4.78, 5) is 15.7. The molecule has 7 nitrogen and oxygen atoms in total. The summed E-state index contributed by atoms with van der Waals surface area (Å²) in [5.74, 6) is -0.149. The fourth-order valence-electron chi connectivity index (χ4n) is 1.40. The van der Waals surface area contributed by atoms with Crippen LogP contribution < -0.4 is 10.6 Å². The standard InChI is InChI=1S/C13H12N6O/c1-9-2-4-11(5-3-9)18-12(20)10(6-14)7-15-13-16-8-17-19-13/h2-5,7-8H,1H3,(H,18,20)(H2,15,16,17,19)/b10-7-. The Bertz CT molecular complexity index is 651. The van der Waals surface area contributed by atoms with Gasteiger partial charge in [-0.25, -0.2) is 5.10 Å². The van der Waals surface area contributed by atoms with Crippen LogP contribution in [0, 0.1) is 18.3 Å². The molecule has 7 heteroatoms. The topological polar surface area (TPSA) is 106 Å². The highest BCUT2D eigenvalue weighted by Crippen LogP contribution is 2.10. The largest absolute Gasteiger partial charge is 0.330 e. The van der Waals surface area contributed by atoms with Crippen molar-refractivity contribution in [3.8, 4) is 6.07 Å². The number of anilines is 2. The zero-order valence-electron chi connectivity index (χ0n) is 10.7. The molecule has 0 spiro atoms. The van der Waals surface area contributed by atoms with Crippen molar-refractivity contribution in [2.75, 3.05) is 10.6 Å². The zero-order valence-corrected chi connectivity index (χ0v) is 10.7. The molecule has 1 amide bonds. The van der Waals surface area contributed by atoms with E-state index in [1.807, 2.05) is 25.1 Å². The predicted molar refractivity (Wildman–Crippen MR) is 73.5 cm³/mol. The highest BCUT2D eigenvalue weighted by atomic mass is 16.1. The van der Waals surface area contributed by atoms with E-state index in [2.05, 4.69) is 25.8 Å². The van der Waals surface area contributed by atoms with E-state index in [0.717, 1.165) is 5.56 Å². The number of hydrogen-bond donors (Lipinski definition) is 3. The number of H-pyrrole nitrogens is 1. The van der Waals surface area contributed by atoms with Crippen LogP contribution in [-0.2, 0) is 4.79 Å². The molecule has 1 aromatic heterocycles. The highest BCUT2D eigenvalue weighted by Gasteiger charge is 2.09. The van der Waals surface area contributed by atoms with Crippen LogP contribution in [0.2, 0.25) is 0 Å². The number of aromatic nitrogens is 3. The third kappa shape index (κ3) is 3.43. The monoisotopic (exact) mass is 268 g/mol. The predicted octanol–water partition coefficient (Wildman–Crippen LogP) is 1.57. The van der Waals surface area contributed by atoms with Crippen molar-refractivity contribution in [1.82, 2.24) is 15.2 Å². The van der Waals surface area contributed by atoms with Crippen molar-refractivity contribution in [3.05, 3.63) is 47.9 Å². The second-order valence-electron chi connectivity index (χ2n) is 3.97. The lowest BCUT2D eigenvalue weighted by Gasteiger charge is -2.04. The van der Waals surface area contributed by atoms with Crippen LogP contribution in [0.15, 0.2) is 42.4 Å². The maximum absolute atomic E-state index is 11.9. The van der Waals surface area contributed by atoms with E-state index in [1.165, 1.54) is 12.5 Å². The number of aromatic amines is 1. The lowest BCUT2D eigenvalue weighted by atomic mass is 10.2. The molecule has 0 aliphatic heterocycles. The van der Waals surface area contributed by atoms with Gasteiger partial charge in [0, 0.05) is 11.9 Å². The Hall–Kier alpha value is -3.14. The lowest BCUT2D eigenvalue weighted by Crippen LogP contribution is -2.14. The second-order valence-corrected chi connectivity index (χ2v) is 3.97. The Morgan fingerprint density at radius 3 is 2.75 bits per heavy atom. The summed E-state index contributed by atoms with van der Waals surface area (Å²) in [7, 11) is 0. The van der Waals surface area contributed by atoms with Crippen molar-refractivity contribution in [2.45, 2.75) is 6.92 Å². The number of nitriles is 1. The maximum atomic E-state index is 11.9. The maximum Gasteiger partial charge on any atom is 0.267 e. The van der Waals surface area contributed by atoms with Crippen LogP contribution in [0.5, 0.6) is 0 Å². The van der Waals surface area contributed by atoms with Gasteiger partial charge in [0.15, 0.2) is 0 Å². The molecule has 0 aliphatic carbocycles. The first kappa shape index (κ1) is 13.3. The molecule has 1 aromatic carbocycles. The first-order valence-electron chi connectivity index (χ1n) is 5.79. The van der Waals surface area contributed by atoms with E-state index in [-0.39, 0.29) is 5.57 Å². The fraction of sp³-hybridized carbons (Fsp3) is 0.0769.